The van der Waals surface area contributed by atoms with Crippen LogP contribution in [0.3, 0.4) is 0 Å². The van der Waals surface area contributed by atoms with Crippen LogP contribution in [0.1, 0.15) is 51.8 Å². The van der Waals surface area contributed by atoms with Crippen LogP contribution in [0, 0.1) is 11.7 Å². The summed E-state index contributed by atoms with van der Waals surface area (Å²) in [5, 5.41) is 0. The Morgan fingerprint density at radius 3 is 2.26 bits per heavy atom. The van der Waals surface area contributed by atoms with Crippen LogP contribution in [0.15, 0.2) is 72.8 Å². The number of amides is 3. The van der Waals surface area contributed by atoms with Crippen LogP contribution in [0.25, 0.3) is 0 Å². The number of methoxy groups -OCH3 is 1. The molecule has 0 spiro atoms. The van der Waals surface area contributed by atoms with Crippen molar-refractivity contribution in [2.75, 3.05) is 20.2 Å². The Bertz CT molecular complexity index is 1330. The van der Waals surface area contributed by atoms with E-state index in [9.17, 15) is 18.8 Å². The maximum absolute atomic E-state index is 14.2. The number of rotatable bonds is 6. The van der Waals surface area contributed by atoms with Crippen molar-refractivity contribution >= 4 is 17.7 Å². The fourth-order valence-corrected chi connectivity index (χ4v) is 5.57. The molecule has 0 radical (unpaired) electrons. The number of hydrogen-bond donors (Lipinski definition) is 1. The Labute approximate surface area is 221 Å². The summed E-state index contributed by atoms with van der Waals surface area (Å²) in [6.45, 7) is 1.05. The van der Waals surface area contributed by atoms with Gasteiger partial charge in [-0.1, -0.05) is 42.5 Å². The van der Waals surface area contributed by atoms with Crippen molar-refractivity contribution < 1.29 is 23.5 Å². The average molecular weight is 516 g/mol. The third-order valence-electron chi connectivity index (χ3n) is 7.64. The summed E-state index contributed by atoms with van der Waals surface area (Å²) in [5.74, 6) is -1.23. The second-order valence-electron chi connectivity index (χ2n) is 9.84. The number of hydrogen-bond acceptors (Lipinski definition) is 4. The Hall–Kier alpha value is -4.20. The van der Waals surface area contributed by atoms with Crippen molar-refractivity contribution in [3.63, 3.8) is 0 Å². The van der Waals surface area contributed by atoms with Gasteiger partial charge in [0.2, 0.25) is 11.8 Å². The number of benzene rings is 3. The quantitative estimate of drug-likeness (QED) is 0.536. The van der Waals surface area contributed by atoms with E-state index in [0.717, 1.165) is 11.1 Å². The van der Waals surface area contributed by atoms with Gasteiger partial charge < -0.3 is 20.3 Å². The standard InChI is InChI=1S/C30H30FN3O4/c1-38-23-12-8-20(9-13-23)27-26(30(37)33-16-14-21(15-17-33)28(32)35)24-4-2-3-5-25(24)29(36)34(27)18-19-6-10-22(31)11-7-19/h2-13,21,26-27H,14-18H2,1H3,(H2,32,35)/t26-,27-/m0/s1. The zero-order valence-electron chi connectivity index (χ0n) is 21.2. The number of likely N-dealkylation sites (tertiary alicyclic amines) is 1. The van der Waals surface area contributed by atoms with Crippen molar-refractivity contribution in [1.82, 2.24) is 9.80 Å². The minimum atomic E-state index is -0.664. The number of fused-ring (bicyclic) bond motifs is 1. The monoisotopic (exact) mass is 515 g/mol. The molecule has 3 aromatic rings. The molecule has 0 saturated carbocycles. The zero-order chi connectivity index (χ0) is 26.8. The average Bonchev–Trinajstić information content (AvgIpc) is 2.95. The van der Waals surface area contributed by atoms with Crippen molar-refractivity contribution in [3.8, 4) is 5.75 Å². The number of nitrogens with zero attached hydrogens (tertiary/aromatic N) is 2. The predicted molar refractivity (Wildman–Crippen MR) is 140 cm³/mol. The van der Waals surface area contributed by atoms with Crippen LogP contribution in [-0.4, -0.2) is 47.7 Å². The number of piperidine rings is 1. The minimum absolute atomic E-state index is 0.0993. The molecule has 0 unspecified atom stereocenters. The first kappa shape index (κ1) is 25.4. The minimum Gasteiger partial charge on any atom is -0.497 e. The third kappa shape index (κ3) is 4.86. The van der Waals surface area contributed by atoms with Gasteiger partial charge in [-0.25, -0.2) is 4.39 Å². The van der Waals surface area contributed by atoms with E-state index in [1.54, 1.807) is 41.2 Å². The molecule has 0 aliphatic carbocycles. The van der Waals surface area contributed by atoms with Gasteiger partial charge in [-0.3, -0.25) is 14.4 Å². The van der Waals surface area contributed by atoms with Crippen LogP contribution in [-0.2, 0) is 16.1 Å². The SMILES string of the molecule is COc1ccc([C@H]2[C@@H](C(=O)N3CCC(C(N)=O)CC3)c3ccccc3C(=O)N2Cc2ccc(F)cc2)cc1. The maximum Gasteiger partial charge on any atom is 0.255 e. The molecular formula is C30H30FN3O4. The Kier molecular flexibility index (Phi) is 7.13. The van der Waals surface area contributed by atoms with E-state index in [2.05, 4.69) is 0 Å². The smallest absolute Gasteiger partial charge is 0.255 e. The normalized spacial score (nSPS) is 19.7. The molecule has 8 heteroatoms. The molecule has 2 atom stereocenters. The molecule has 3 amide bonds. The number of ether oxygens (including phenoxy) is 1. The van der Waals surface area contributed by atoms with Gasteiger partial charge >= 0.3 is 0 Å². The van der Waals surface area contributed by atoms with Crippen molar-refractivity contribution in [2.45, 2.75) is 31.3 Å². The lowest BCUT2D eigenvalue weighted by atomic mass is 9.78. The van der Waals surface area contributed by atoms with Gasteiger partial charge in [-0.05, 0) is 59.9 Å². The van der Waals surface area contributed by atoms with Crippen molar-refractivity contribution in [1.29, 1.82) is 0 Å². The topological polar surface area (TPSA) is 92.9 Å². The Morgan fingerprint density at radius 1 is 0.974 bits per heavy atom. The summed E-state index contributed by atoms with van der Waals surface area (Å²) >= 11 is 0. The summed E-state index contributed by atoms with van der Waals surface area (Å²) in [6.07, 6.45) is 1.03. The second kappa shape index (κ2) is 10.7. The number of carbonyl (C=O) groups excluding carboxylic acids is 3. The van der Waals surface area contributed by atoms with Gasteiger partial charge in [-0.2, -0.15) is 0 Å². The van der Waals surface area contributed by atoms with Gasteiger partial charge in [0.25, 0.3) is 5.91 Å². The highest BCUT2D eigenvalue weighted by atomic mass is 19.1. The third-order valence-corrected chi connectivity index (χ3v) is 7.64. The molecule has 196 valence electrons. The molecule has 2 heterocycles. The highest BCUT2D eigenvalue weighted by Gasteiger charge is 2.46. The Balaban J connectivity index is 1.59. The molecule has 2 N–H and O–H groups in total. The first-order chi connectivity index (χ1) is 18.4. The molecule has 2 aliphatic heterocycles. The number of carbonyl (C=O) groups is 3. The van der Waals surface area contributed by atoms with Crippen LogP contribution in [0.4, 0.5) is 4.39 Å². The molecule has 3 aromatic carbocycles. The van der Waals surface area contributed by atoms with Crippen molar-refractivity contribution in [2.24, 2.45) is 11.7 Å². The fraction of sp³-hybridized carbons (Fsp3) is 0.300. The highest BCUT2D eigenvalue weighted by Crippen LogP contribution is 2.45. The summed E-state index contributed by atoms with van der Waals surface area (Å²) < 4.78 is 19.0. The van der Waals surface area contributed by atoms with Crippen LogP contribution < -0.4 is 10.5 Å². The molecule has 38 heavy (non-hydrogen) atoms. The van der Waals surface area contributed by atoms with E-state index >= 15 is 0 Å². The molecule has 1 fully saturated rings. The Morgan fingerprint density at radius 2 is 1.63 bits per heavy atom. The van der Waals surface area contributed by atoms with E-state index in [-0.39, 0.29) is 36.0 Å². The maximum atomic E-state index is 14.2. The van der Waals surface area contributed by atoms with Crippen LogP contribution in [0.5, 0.6) is 5.75 Å². The van der Waals surface area contributed by atoms with E-state index in [1.165, 1.54) is 12.1 Å². The molecule has 0 bridgehead atoms. The first-order valence-electron chi connectivity index (χ1n) is 12.7. The predicted octanol–water partition coefficient (Wildman–Crippen LogP) is 4.04. The summed E-state index contributed by atoms with van der Waals surface area (Å²) in [4.78, 5) is 43.3. The van der Waals surface area contributed by atoms with E-state index in [4.69, 9.17) is 10.5 Å². The van der Waals surface area contributed by atoms with Crippen LogP contribution in [0.2, 0.25) is 0 Å². The van der Waals surface area contributed by atoms with Gasteiger partial charge in [0.1, 0.15) is 11.6 Å². The van der Waals surface area contributed by atoms with E-state index < -0.39 is 12.0 Å². The van der Waals surface area contributed by atoms with Gasteiger partial charge in [0, 0.05) is 31.1 Å². The van der Waals surface area contributed by atoms with Gasteiger partial charge in [0.05, 0.1) is 19.1 Å². The summed E-state index contributed by atoms with van der Waals surface area (Å²) in [7, 11) is 1.58. The molecule has 7 nitrogen and oxygen atoms in total. The number of nitrogens with two attached hydrogens (primary N) is 1. The molecule has 5 rings (SSSR count). The molecule has 2 aliphatic rings. The summed E-state index contributed by atoms with van der Waals surface area (Å²) in [5.41, 5.74) is 8.21. The lowest BCUT2D eigenvalue weighted by Gasteiger charge is -2.44. The number of primary amides is 1. The summed E-state index contributed by atoms with van der Waals surface area (Å²) in [6, 6.07) is 20.0. The van der Waals surface area contributed by atoms with Crippen LogP contribution >= 0.6 is 0 Å². The molecular weight excluding hydrogens is 485 g/mol. The zero-order valence-corrected chi connectivity index (χ0v) is 21.2. The fourth-order valence-electron chi connectivity index (χ4n) is 5.57. The lowest BCUT2D eigenvalue weighted by Crippen LogP contribution is -2.50. The number of halogens is 1. The first-order valence-corrected chi connectivity index (χ1v) is 12.7. The van der Waals surface area contributed by atoms with Crippen molar-refractivity contribution in [3.05, 3.63) is 101 Å². The largest absolute Gasteiger partial charge is 0.497 e. The highest BCUT2D eigenvalue weighted by molar-refractivity contribution is 6.01. The molecule has 1 saturated heterocycles. The van der Waals surface area contributed by atoms with Gasteiger partial charge in [-0.15, -0.1) is 0 Å². The lowest BCUT2D eigenvalue weighted by molar-refractivity contribution is -0.138. The van der Waals surface area contributed by atoms with E-state index in [0.29, 0.717) is 42.8 Å². The van der Waals surface area contributed by atoms with Gasteiger partial charge in [0.15, 0.2) is 0 Å². The second-order valence-corrected chi connectivity index (χ2v) is 9.84. The molecule has 0 aromatic heterocycles. The van der Waals surface area contributed by atoms with E-state index in [1.807, 2.05) is 36.4 Å².